The molecule has 0 aliphatic rings. The minimum atomic E-state index is -0.422. The predicted octanol–water partition coefficient (Wildman–Crippen LogP) is 3.48. The monoisotopic (exact) mass is 333 g/mol. The Morgan fingerprint density at radius 2 is 1.80 bits per heavy atom. The average molecular weight is 333 g/mol. The largest absolute Gasteiger partial charge is 0.339 e. The number of carbonyl (C=O) groups is 1. The molecule has 0 aliphatic carbocycles. The zero-order valence-electron chi connectivity index (χ0n) is 12.9. The van der Waals surface area contributed by atoms with Crippen molar-refractivity contribution >= 4 is 23.1 Å². The molecule has 7 heteroatoms. The molecule has 25 heavy (non-hydrogen) atoms. The summed E-state index contributed by atoms with van der Waals surface area (Å²) in [6.45, 7) is 0. The fraction of sp³-hybridized carbons (Fsp3) is 0. The summed E-state index contributed by atoms with van der Waals surface area (Å²) in [6, 6.07) is 17.5. The molecule has 1 amide bonds. The van der Waals surface area contributed by atoms with Crippen LogP contribution in [0.25, 0.3) is 0 Å². The van der Waals surface area contributed by atoms with Crippen molar-refractivity contribution < 1.29 is 9.18 Å². The average Bonchev–Trinajstić information content (AvgIpc) is 2.63. The summed E-state index contributed by atoms with van der Waals surface area (Å²) in [5.41, 5.74) is 1.72. The van der Waals surface area contributed by atoms with Crippen LogP contribution >= 0.6 is 0 Å². The molecule has 6 nitrogen and oxygen atoms in total. The number of benzene rings is 2. The van der Waals surface area contributed by atoms with Crippen LogP contribution in [0.15, 0.2) is 60.7 Å². The molecule has 0 fully saturated rings. The Bertz CT molecular complexity index is 933. The number of anilines is 3. The van der Waals surface area contributed by atoms with Gasteiger partial charge >= 0.3 is 0 Å². The molecule has 0 saturated carbocycles. The van der Waals surface area contributed by atoms with E-state index >= 15 is 0 Å². The van der Waals surface area contributed by atoms with Gasteiger partial charge in [0.05, 0.1) is 11.6 Å². The van der Waals surface area contributed by atoms with Crippen LogP contribution in [-0.4, -0.2) is 16.1 Å². The second kappa shape index (κ2) is 7.19. The Morgan fingerprint density at radius 1 is 1.00 bits per heavy atom. The van der Waals surface area contributed by atoms with Crippen molar-refractivity contribution in [2.75, 3.05) is 10.6 Å². The van der Waals surface area contributed by atoms with Crippen LogP contribution in [0.4, 0.5) is 21.6 Å². The van der Waals surface area contributed by atoms with Crippen LogP contribution in [0.2, 0.25) is 0 Å². The number of nitrogens with one attached hydrogen (secondary N) is 2. The van der Waals surface area contributed by atoms with Crippen LogP contribution in [0.5, 0.6) is 0 Å². The van der Waals surface area contributed by atoms with E-state index in [4.69, 9.17) is 5.26 Å². The molecule has 3 rings (SSSR count). The first-order chi connectivity index (χ1) is 12.1. The molecular formula is C18H12FN5O. The van der Waals surface area contributed by atoms with Gasteiger partial charge in [-0.3, -0.25) is 4.79 Å². The lowest BCUT2D eigenvalue weighted by Crippen LogP contribution is -2.14. The van der Waals surface area contributed by atoms with E-state index in [1.807, 2.05) is 6.07 Å². The van der Waals surface area contributed by atoms with Gasteiger partial charge < -0.3 is 10.6 Å². The Balaban J connectivity index is 1.66. The lowest BCUT2D eigenvalue weighted by molar-refractivity contribution is 0.102. The van der Waals surface area contributed by atoms with E-state index in [0.29, 0.717) is 22.8 Å². The number of halogens is 1. The van der Waals surface area contributed by atoms with Gasteiger partial charge in [0.25, 0.3) is 5.91 Å². The molecule has 3 aromatic rings. The van der Waals surface area contributed by atoms with E-state index in [1.165, 1.54) is 18.2 Å². The lowest BCUT2D eigenvalue weighted by Gasteiger charge is -2.06. The first kappa shape index (κ1) is 16.1. The quantitative estimate of drug-likeness (QED) is 0.763. The fourth-order valence-corrected chi connectivity index (χ4v) is 2.06. The third-order valence-corrected chi connectivity index (χ3v) is 3.27. The van der Waals surface area contributed by atoms with Crippen LogP contribution in [-0.2, 0) is 0 Å². The topological polar surface area (TPSA) is 90.7 Å². The van der Waals surface area contributed by atoms with Gasteiger partial charge in [-0.05, 0) is 54.6 Å². The van der Waals surface area contributed by atoms with Gasteiger partial charge in [0.15, 0.2) is 11.5 Å². The smallest absolute Gasteiger partial charge is 0.276 e. The van der Waals surface area contributed by atoms with Crippen molar-refractivity contribution in [2.24, 2.45) is 0 Å². The first-order valence-electron chi connectivity index (χ1n) is 7.32. The Kier molecular flexibility index (Phi) is 4.62. The van der Waals surface area contributed by atoms with Crippen molar-refractivity contribution in [3.05, 3.63) is 77.7 Å². The SMILES string of the molecule is N#Cc1ccc(NC(=O)c2ccc(Nc3cccc(F)c3)nn2)cc1. The zero-order chi connectivity index (χ0) is 17.6. The van der Waals surface area contributed by atoms with Crippen molar-refractivity contribution in [1.29, 1.82) is 5.26 Å². The number of amides is 1. The maximum Gasteiger partial charge on any atom is 0.276 e. The number of nitriles is 1. The summed E-state index contributed by atoms with van der Waals surface area (Å²) < 4.78 is 13.1. The van der Waals surface area contributed by atoms with Crippen molar-refractivity contribution in [3.63, 3.8) is 0 Å². The molecule has 2 N–H and O–H groups in total. The third-order valence-electron chi connectivity index (χ3n) is 3.27. The van der Waals surface area contributed by atoms with Crippen molar-refractivity contribution in [1.82, 2.24) is 10.2 Å². The minimum Gasteiger partial charge on any atom is -0.339 e. The van der Waals surface area contributed by atoms with Gasteiger partial charge in [-0.25, -0.2) is 4.39 Å². The summed E-state index contributed by atoms with van der Waals surface area (Å²) in [6.07, 6.45) is 0. The predicted molar refractivity (Wildman–Crippen MR) is 90.8 cm³/mol. The molecule has 0 radical (unpaired) electrons. The van der Waals surface area contributed by atoms with E-state index in [9.17, 15) is 9.18 Å². The normalized spacial score (nSPS) is 9.92. The Labute approximate surface area is 143 Å². The molecular weight excluding hydrogens is 321 g/mol. The van der Waals surface area contributed by atoms with Gasteiger partial charge in [0.2, 0.25) is 0 Å². The minimum absolute atomic E-state index is 0.133. The van der Waals surface area contributed by atoms with E-state index < -0.39 is 5.91 Å². The first-order valence-corrected chi connectivity index (χ1v) is 7.32. The van der Waals surface area contributed by atoms with E-state index in [-0.39, 0.29) is 11.5 Å². The van der Waals surface area contributed by atoms with Gasteiger partial charge in [-0.15, -0.1) is 10.2 Å². The van der Waals surface area contributed by atoms with Gasteiger partial charge in [0, 0.05) is 11.4 Å². The molecule has 2 aromatic carbocycles. The number of hydrogen-bond donors (Lipinski definition) is 2. The van der Waals surface area contributed by atoms with Gasteiger partial charge in [0.1, 0.15) is 5.82 Å². The van der Waals surface area contributed by atoms with Gasteiger partial charge in [-0.2, -0.15) is 5.26 Å². The highest BCUT2D eigenvalue weighted by Crippen LogP contribution is 2.15. The Morgan fingerprint density at radius 3 is 2.44 bits per heavy atom. The molecule has 1 heterocycles. The highest BCUT2D eigenvalue weighted by Gasteiger charge is 2.09. The van der Waals surface area contributed by atoms with E-state index in [2.05, 4.69) is 20.8 Å². The maximum atomic E-state index is 13.1. The number of hydrogen-bond acceptors (Lipinski definition) is 5. The van der Waals surface area contributed by atoms with E-state index in [1.54, 1.807) is 42.5 Å². The zero-order valence-corrected chi connectivity index (χ0v) is 12.9. The molecule has 122 valence electrons. The lowest BCUT2D eigenvalue weighted by atomic mass is 10.2. The molecule has 1 aromatic heterocycles. The fourth-order valence-electron chi connectivity index (χ4n) is 2.06. The molecule has 0 unspecified atom stereocenters. The van der Waals surface area contributed by atoms with Crippen LogP contribution in [0.1, 0.15) is 16.1 Å². The summed E-state index contributed by atoms with van der Waals surface area (Å²) in [5, 5.41) is 22.1. The second-order valence-corrected chi connectivity index (χ2v) is 5.08. The summed E-state index contributed by atoms with van der Waals surface area (Å²) in [5.74, 6) is -0.397. The molecule has 0 spiro atoms. The van der Waals surface area contributed by atoms with Crippen LogP contribution in [0.3, 0.4) is 0 Å². The third kappa shape index (κ3) is 4.14. The summed E-state index contributed by atoms with van der Waals surface area (Å²) in [4.78, 5) is 12.1. The number of nitrogens with zero attached hydrogens (tertiary/aromatic N) is 3. The van der Waals surface area contributed by atoms with Gasteiger partial charge in [-0.1, -0.05) is 6.07 Å². The van der Waals surface area contributed by atoms with Crippen molar-refractivity contribution in [2.45, 2.75) is 0 Å². The summed E-state index contributed by atoms with van der Waals surface area (Å²) >= 11 is 0. The maximum absolute atomic E-state index is 13.1. The summed E-state index contributed by atoms with van der Waals surface area (Å²) in [7, 11) is 0. The molecule has 0 aliphatic heterocycles. The van der Waals surface area contributed by atoms with E-state index in [0.717, 1.165) is 0 Å². The standard InChI is InChI=1S/C18H12FN5O/c19-13-2-1-3-15(10-13)21-17-9-8-16(23-24-17)18(25)22-14-6-4-12(11-20)5-7-14/h1-10H,(H,21,24)(H,22,25). The Hall–Kier alpha value is -3.79. The number of aromatic nitrogens is 2. The van der Waals surface area contributed by atoms with Crippen LogP contribution in [0, 0.1) is 17.1 Å². The highest BCUT2D eigenvalue weighted by molar-refractivity contribution is 6.02. The molecule has 0 saturated heterocycles. The number of carbonyl (C=O) groups excluding carboxylic acids is 1. The second-order valence-electron chi connectivity index (χ2n) is 5.08. The molecule has 0 atom stereocenters. The number of rotatable bonds is 4. The molecule has 0 bridgehead atoms. The highest BCUT2D eigenvalue weighted by atomic mass is 19.1. The van der Waals surface area contributed by atoms with Crippen LogP contribution < -0.4 is 10.6 Å². The van der Waals surface area contributed by atoms with Crippen molar-refractivity contribution in [3.8, 4) is 6.07 Å².